The number of halogens is 5. The molecule has 11 heteroatoms. The van der Waals surface area contributed by atoms with Gasteiger partial charge >= 0.3 is 6.18 Å². The number of piperazine rings is 2. The number of nitrogens with zero attached hydrogens (tertiary/aromatic N) is 5. The number of carbonyl (C=O) groups is 1. The SMILES string of the molecule is Cc1cc(C2=NN=C3C4CCC5C(C[N+]235)N4C(=O)c2cccc(C(F)(F)F)c2Cl)ncc1F. The van der Waals surface area contributed by atoms with Gasteiger partial charge in [0, 0.05) is 6.42 Å². The van der Waals surface area contributed by atoms with Crippen LogP contribution in [-0.2, 0) is 6.18 Å². The van der Waals surface area contributed by atoms with Crippen LogP contribution in [0.5, 0.6) is 0 Å². The number of alkyl halides is 3. The summed E-state index contributed by atoms with van der Waals surface area (Å²) in [6.07, 6.45) is -2.04. The van der Waals surface area contributed by atoms with Gasteiger partial charge in [-0.15, -0.1) is 0 Å². The Morgan fingerprint density at radius 1 is 1.24 bits per heavy atom. The molecule has 6 nitrogen and oxygen atoms in total. The Bertz CT molecular complexity index is 1290. The van der Waals surface area contributed by atoms with Gasteiger partial charge in [-0.3, -0.25) is 4.79 Å². The molecule has 4 atom stereocenters. The number of rotatable bonds is 2. The number of fused-ring (bicyclic) bond motifs is 1. The molecule has 5 aliphatic rings. The number of piperidine rings is 2. The fourth-order valence-electron chi connectivity index (χ4n) is 5.82. The first-order chi connectivity index (χ1) is 15.6. The Kier molecular flexibility index (Phi) is 4.15. The molecule has 33 heavy (non-hydrogen) atoms. The van der Waals surface area contributed by atoms with Crippen molar-refractivity contribution in [2.75, 3.05) is 6.54 Å². The van der Waals surface area contributed by atoms with E-state index in [4.69, 9.17) is 11.6 Å². The van der Waals surface area contributed by atoms with E-state index in [2.05, 4.69) is 15.2 Å². The van der Waals surface area contributed by atoms with Crippen LogP contribution in [0.3, 0.4) is 0 Å². The molecule has 1 aromatic heterocycles. The van der Waals surface area contributed by atoms with E-state index < -0.39 is 34.5 Å². The summed E-state index contributed by atoms with van der Waals surface area (Å²) in [6.45, 7) is 2.15. The van der Waals surface area contributed by atoms with Crippen LogP contribution in [0.1, 0.15) is 40.0 Å². The summed E-state index contributed by atoms with van der Waals surface area (Å²) >= 11 is 6.05. The van der Waals surface area contributed by atoms with Gasteiger partial charge in [-0.05, 0) is 37.1 Å². The molecule has 1 aromatic carbocycles. The number of carbonyl (C=O) groups excluding carboxylic acids is 1. The maximum absolute atomic E-state index is 13.7. The Labute approximate surface area is 190 Å². The van der Waals surface area contributed by atoms with E-state index in [1.54, 1.807) is 17.9 Å². The third-order valence-electron chi connectivity index (χ3n) is 7.29. The fourth-order valence-corrected chi connectivity index (χ4v) is 6.13. The molecule has 0 N–H and O–H groups in total. The molecular formula is C22H17ClF4N5O+. The maximum Gasteiger partial charge on any atom is 0.417 e. The number of hydrogen-bond donors (Lipinski definition) is 0. The molecule has 1 amide bonds. The summed E-state index contributed by atoms with van der Waals surface area (Å²) in [7, 11) is 0. The average molecular weight is 479 g/mol. The number of aryl methyl sites for hydroxylation is 1. The van der Waals surface area contributed by atoms with Crippen LogP contribution in [0.25, 0.3) is 0 Å². The van der Waals surface area contributed by atoms with Gasteiger partial charge in [0.2, 0.25) is 0 Å². The van der Waals surface area contributed by atoms with Crippen LogP contribution >= 0.6 is 11.6 Å². The lowest BCUT2D eigenvalue weighted by Gasteiger charge is -2.66. The Morgan fingerprint density at radius 2 is 2.03 bits per heavy atom. The Hall–Kier alpha value is -2.85. The van der Waals surface area contributed by atoms with Crippen LogP contribution in [0.15, 0.2) is 40.7 Å². The zero-order valence-corrected chi connectivity index (χ0v) is 18.0. The normalized spacial score (nSPS) is 29.4. The van der Waals surface area contributed by atoms with Crippen LogP contribution in [-0.4, -0.2) is 56.6 Å². The minimum Gasteiger partial charge on any atom is -0.310 e. The smallest absolute Gasteiger partial charge is 0.310 e. The summed E-state index contributed by atoms with van der Waals surface area (Å²) in [4.78, 5) is 19.3. The van der Waals surface area contributed by atoms with Crippen molar-refractivity contribution >= 4 is 29.2 Å². The van der Waals surface area contributed by atoms with Crippen molar-refractivity contribution in [2.45, 2.75) is 44.1 Å². The number of quaternary nitrogens is 1. The van der Waals surface area contributed by atoms with Gasteiger partial charge in [0.1, 0.15) is 36.2 Å². The van der Waals surface area contributed by atoms with E-state index in [1.807, 2.05) is 0 Å². The van der Waals surface area contributed by atoms with E-state index in [-0.39, 0.29) is 17.6 Å². The van der Waals surface area contributed by atoms with Crippen molar-refractivity contribution in [1.82, 2.24) is 9.88 Å². The summed E-state index contributed by atoms with van der Waals surface area (Å²) < 4.78 is 54.1. The van der Waals surface area contributed by atoms with Crippen molar-refractivity contribution in [2.24, 2.45) is 10.2 Å². The van der Waals surface area contributed by atoms with E-state index in [1.165, 1.54) is 12.1 Å². The standard InChI is InChI=1S/C22H17ClF4N5O/c1-10-7-14(28-8-13(10)24)19-29-30-20-15-5-6-17-16(9-32(17,19)20)31(15)21(33)11-3-2-4-12(18(11)23)22(25,26)27/h2-4,7-8,15-17H,5-6,9H2,1H3/q+1. The van der Waals surface area contributed by atoms with Crippen LogP contribution < -0.4 is 0 Å². The van der Waals surface area contributed by atoms with Gasteiger partial charge in [-0.2, -0.15) is 13.2 Å². The van der Waals surface area contributed by atoms with Gasteiger partial charge < -0.3 is 4.90 Å². The summed E-state index contributed by atoms with van der Waals surface area (Å²) in [6, 6.07) is 4.43. The molecule has 6 heterocycles. The average Bonchev–Trinajstić information content (AvgIpc) is 3.18. The minimum atomic E-state index is -4.66. The number of hydrogen-bond acceptors (Lipinski definition) is 4. The predicted molar refractivity (Wildman–Crippen MR) is 111 cm³/mol. The maximum atomic E-state index is 13.7. The third-order valence-corrected chi connectivity index (χ3v) is 7.70. The first-order valence-corrected chi connectivity index (χ1v) is 10.9. The zero-order chi connectivity index (χ0) is 23.3. The predicted octanol–water partition coefficient (Wildman–Crippen LogP) is 4.16. The van der Waals surface area contributed by atoms with Crippen molar-refractivity contribution < 1.29 is 26.8 Å². The summed E-state index contributed by atoms with van der Waals surface area (Å²) in [5, 5.41) is 8.19. The summed E-state index contributed by atoms with van der Waals surface area (Å²) in [5.74, 6) is 0.373. The van der Waals surface area contributed by atoms with Gasteiger partial charge in [0.15, 0.2) is 0 Å². The molecule has 4 unspecified atom stereocenters. The number of aromatic nitrogens is 1. The Morgan fingerprint density at radius 3 is 2.76 bits per heavy atom. The van der Waals surface area contributed by atoms with Gasteiger partial charge in [0.05, 0.1) is 22.3 Å². The first-order valence-electron chi connectivity index (χ1n) is 10.5. The van der Waals surface area contributed by atoms with Crippen molar-refractivity contribution in [3.05, 3.63) is 63.7 Å². The lowest BCUT2D eigenvalue weighted by atomic mass is 9.72. The second-order valence-electron chi connectivity index (χ2n) is 8.86. The second-order valence-corrected chi connectivity index (χ2v) is 9.24. The highest BCUT2D eigenvalue weighted by Gasteiger charge is 2.75. The minimum absolute atomic E-state index is 0.0318. The lowest BCUT2D eigenvalue weighted by Crippen LogP contribution is -2.90. The van der Waals surface area contributed by atoms with Crippen LogP contribution in [0, 0.1) is 12.7 Å². The van der Waals surface area contributed by atoms with Gasteiger partial charge in [0.25, 0.3) is 17.6 Å². The van der Waals surface area contributed by atoms with Gasteiger partial charge in [-0.1, -0.05) is 27.9 Å². The monoisotopic (exact) mass is 478 g/mol. The molecule has 4 saturated heterocycles. The highest BCUT2D eigenvalue weighted by Crippen LogP contribution is 2.52. The molecule has 0 aliphatic carbocycles. The third kappa shape index (κ3) is 2.59. The summed E-state index contributed by atoms with van der Waals surface area (Å²) in [5.41, 5.74) is -0.209. The van der Waals surface area contributed by atoms with Gasteiger partial charge in [-0.25, -0.2) is 13.9 Å². The number of pyridine rings is 1. The van der Waals surface area contributed by atoms with Crippen molar-refractivity contribution in [1.29, 1.82) is 0 Å². The van der Waals surface area contributed by atoms with E-state index in [0.29, 0.717) is 40.4 Å². The molecule has 0 radical (unpaired) electrons. The van der Waals surface area contributed by atoms with E-state index in [9.17, 15) is 22.4 Å². The molecule has 4 bridgehead atoms. The second kappa shape index (κ2) is 6.60. The van der Waals surface area contributed by atoms with E-state index in [0.717, 1.165) is 18.7 Å². The molecule has 7 rings (SSSR count). The zero-order valence-electron chi connectivity index (χ0n) is 17.3. The molecule has 4 fully saturated rings. The molecular weight excluding hydrogens is 462 g/mol. The van der Waals surface area contributed by atoms with Crippen LogP contribution in [0.2, 0.25) is 5.02 Å². The highest BCUT2D eigenvalue weighted by atomic mass is 35.5. The first kappa shape index (κ1) is 20.7. The number of amides is 1. The topological polar surface area (TPSA) is 57.9 Å². The van der Waals surface area contributed by atoms with Crippen molar-refractivity contribution in [3.63, 3.8) is 0 Å². The molecule has 0 saturated carbocycles. The lowest BCUT2D eigenvalue weighted by molar-refractivity contribution is -0.847. The molecule has 170 valence electrons. The largest absolute Gasteiger partial charge is 0.417 e. The van der Waals surface area contributed by atoms with Crippen molar-refractivity contribution in [3.8, 4) is 0 Å². The fraction of sp³-hybridized carbons (Fsp3) is 0.364. The molecule has 1 spiro atoms. The number of benzene rings is 1. The number of amidine groups is 2. The van der Waals surface area contributed by atoms with E-state index >= 15 is 0 Å². The highest BCUT2D eigenvalue weighted by molar-refractivity contribution is 6.34. The molecule has 5 aliphatic heterocycles. The van der Waals surface area contributed by atoms with Crippen LogP contribution in [0.4, 0.5) is 17.6 Å². The Balaban J connectivity index is 1.36. The molecule has 2 aromatic rings. The quantitative estimate of drug-likeness (QED) is 0.481.